The third-order valence-corrected chi connectivity index (χ3v) is 7.28. The van der Waals surface area contributed by atoms with Crippen molar-refractivity contribution >= 4 is 28.8 Å². The van der Waals surface area contributed by atoms with E-state index in [1.165, 1.54) is 0 Å². The van der Waals surface area contributed by atoms with Crippen LogP contribution < -0.4 is 19.1 Å². The molecule has 3 heterocycles. The smallest absolute Gasteiger partial charge is 0.415 e. The molecule has 1 saturated heterocycles. The number of nitrogens with zero attached hydrogens (tertiary/aromatic N) is 2. The van der Waals surface area contributed by atoms with Crippen molar-refractivity contribution < 1.29 is 23.7 Å². The highest BCUT2D eigenvalue weighted by atomic mass is 16.6. The molecule has 7 heteroatoms. The number of rotatable bonds is 4. The van der Waals surface area contributed by atoms with Crippen LogP contribution in [0.5, 0.6) is 17.2 Å². The highest BCUT2D eigenvalue weighted by Gasteiger charge is 2.47. The van der Waals surface area contributed by atoms with Crippen LogP contribution in [0.3, 0.4) is 0 Å². The Bertz CT molecular complexity index is 1300. The van der Waals surface area contributed by atoms with E-state index in [9.17, 15) is 4.79 Å². The molecule has 3 aliphatic rings. The van der Waals surface area contributed by atoms with Gasteiger partial charge in [0.15, 0.2) is 11.5 Å². The van der Waals surface area contributed by atoms with E-state index in [1.807, 2.05) is 48.7 Å². The predicted molar refractivity (Wildman–Crippen MR) is 133 cm³/mol. The molecule has 2 aromatic carbocycles. The first-order chi connectivity index (χ1) is 17.1. The molecule has 2 aliphatic heterocycles. The largest absolute Gasteiger partial charge is 0.497 e. The minimum absolute atomic E-state index is 0.284. The molecule has 0 bridgehead atoms. The van der Waals surface area contributed by atoms with Gasteiger partial charge in [0, 0.05) is 17.6 Å². The van der Waals surface area contributed by atoms with E-state index in [4.69, 9.17) is 18.9 Å². The number of fused-ring (bicyclic) bond motifs is 2. The lowest BCUT2D eigenvalue weighted by atomic mass is 9.78. The van der Waals surface area contributed by atoms with Crippen molar-refractivity contribution in [3.8, 4) is 17.2 Å². The van der Waals surface area contributed by atoms with Crippen molar-refractivity contribution in [3.63, 3.8) is 0 Å². The molecule has 1 amide bonds. The molecular formula is C28H28N2O5. The molecule has 0 radical (unpaired) electrons. The summed E-state index contributed by atoms with van der Waals surface area (Å²) in [5.74, 6) is 2.66. The molecule has 1 spiro atoms. The fourth-order valence-corrected chi connectivity index (χ4v) is 5.30. The number of amides is 1. The molecule has 6 rings (SSSR count). The summed E-state index contributed by atoms with van der Waals surface area (Å²) in [6, 6.07) is 13.6. The third kappa shape index (κ3) is 4.16. The first-order valence-electron chi connectivity index (χ1n) is 12.1. The Labute approximate surface area is 204 Å². The molecule has 1 aromatic heterocycles. The second kappa shape index (κ2) is 8.80. The van der Waals surface area contributed by atoms with Gasteiger partial charge in [0.05, 0.1) is 24.9 Å². The standard InChI is InChI=1S/C28H28N2O5/c1-32-22-5-6-24-23(17-22)20(10-13-29-24)3-2-19-8-11-28(12-9-19)18-30(27(31)35-28)21-4-7-25-26(16-21)34-15-14-33-25/h2-7,10,13,16-17,19H,8-9,11-12,14-15,18H2,1H3. The zero-order valence-corrected chi connectivity index (χ0v) is 19.7. The molecule has 3 aromatic rings. The van der Waals surface area contributed by atoms with Gasteiger partial charge in [-0.1, -0.05) is 12.2 Å². The zero-order valence-electron chi connectivity index (χ0n) is 19.7. The Kier molecular flexibility index (Phi) is 5.47. The van der Waals surface area contributed by atoms with Crippen LogP contribution in [0.25, 0.3) is 17.0 Å². The van der Waals surface area contributed by atoms with E-state index in [0.29, 0.717) is 31.4 Å². The number of ether oxygens (including phenoxy) is 4. The molecule has 0 atom stereocenters. The highest BCUT2D eigenvalue weighted by molar-refractivity contribution is 5.91. The maximum atomic E-state index is 12.8. The van der Waals surface area contributed by atoms with Crippen LogP contribution in [0, 0.1) is 5.92 Å². The van der Waals surface area contributed by atoms with Gasteiger partial charge in [-0.05, 0) is 73.6 Å². The fraction of sp³-hybridized carbons (Fsp3) is 0.357. The minimum Gasteiger partial charge on any atom is -0.497 e. The van der Waals surface area contributed by atoms with Crippen LogP contribution in [0.2, 0.25) is 0 Å². The van der Waals surface area contributed by atoms with Gasteiger partial charge in [0.2, 0.25) is 0 Å². The number of methoxy groups -OCH3 is 1. The van der Waals surface area contributed by atoms with Crippen LogP contribution in [-0.4, -0.2) is 43.5 Å². The molecule has 0 unspecified atom stereocenters. The quantitative estimate of drug-likeness (QED) is 0.491. The summed E-state index contributed by atoms with van der Waals surface area (Å²) in [6.45, 7) is 1.63. The van der Waals surface area contributed by atoms with Gasteiger partial charge in [0.25, 0.3) is 0 Å². The average molecular weight is 473 g/mol. The lowest BCUT2D eigenvalue weighted by molar-refractivity contribution is 0.0185. The molecular weight excluding hydrogens is 444 g/mol. The summed E-state index contributed by atoms with van der Waals surface area (Å²) < 4.78 is 22.6. The summed E-state index contributed by atoms with van der Waals surface area (Å²) in [6.07, 6.45) is 9.68. The zero-order chi connectivity index (χ0) is 23.8. The first-order valence-corrected chi connectivity index (χ1v) is 12.1. The van der Waals surface area contributed by atoms with E-state index in [0.717, 1.165) is 59.3 Å². The Balaban J connectivity index is 1.13. The SMILES string of the molecule is COc1ccc2nccc(C=CC3CCC4(CC3)CN(c3ccc5c(c3)OCCO5)C(=O)O4)c2c1. The molecule has 1 saturated carbocycles. The van der Waals surface area contributed by atoms with E-state index in [-0.39, 0.29) is 6.09 Å². The summed E-state index contributed by atoms with van der Waals surface area (Å²) in [5.41, 5.74) is 2.45. The van der Waals surface area contributed by atoms with Crippen LogP contribution in [0.15, 0.2) is 54.7 Å². The summed E-state index contributed by atoms with van der Waals surface area (Å²) in [7, 11) is 1.68. The first kappa shape index (κ1) is 21.8. The number of hydrogen-bond donors (Lipinski definition) is 0. The van der Waals surface area contributed by atoms with E-state index >= 15 is 0 Å². The van der Waals surface area contributed by atoms with Crippen molar-refractivity contribution in [2.24, 2.45) is 5.92 Å². The normalized spacial score (nSPS) is 23.7. The van der Waals surface area contributed by atoms with Crippen molar-refractivity contribution in [1.29, 1.82) is 0 Å². The van der Waals surface area contributed by atoms with Gasteiger partial charge in [-0.25, -0.2) is 4.79 Å². The fourth-order valence-electron chi connectivity index (χ4n) is 5.30. The molecule has 0 N–H and O–H groups in total. The number of allylic oxidation sites excluding steroid dienone is 1. The molecule has 180 valence electrons. The third-order valence-electron chi connectivity index (χ3n) is 7.28. The topological polar surface area (TPSA) is 70.1 Å². The average Bonchev–Trinajstić information content (AvgIpc) is 3.23. The van der Waals surface area contributed by atoms with Gasteiger partial charge >= 0.3 is 6.09 Å². The van der Waals surface area contributed by atoms with Crippen LogP contribution >= 0.6 is 0 Å². The minimum atomic E-state index is -0.425. The number of anilines is 1. The van der Waals surface area contributed by atoms with E-state index in [1.54, 1.807) is 12.0 Å². The van der Waals surface area contributed by atoms with E-state index < -0.39 is 5.60 Å². The van der Waals surface area contributed by atoms with Gasteiger partial charge in [-0.15, -0.1) is 0 Å². The van der Waals surface area contributed by atoms with Crippen LogP contribution in [-0.2, 0) is 4.74 Å². The molecule has 35 heavy (non-hydrogen) atoms. The van der Waals surface area contributed by atoms with Crippen molar-refractivity contribution in [2.75, 3.05) is 31.8 Å². The Morgan fingerprint density at radius 2 is 1.89 bits per heavy atom. The van der Waals surface area contributed by atoms with Crippen LogP contribution in [0.4, 0.5) is 10.5 Å². The van der Waals surface area contributed by atoms with Gasteiger partial charge in [0.1, 0.15) is 24.6 Å². The number of benzene rings is 2. The second-order valence-corrected chi connectivity index (χ2v) is 9.44. The number of hydrogen-bond acceptors (Lipinski definition) is 6. The Morgan fingerprint density at radius 1 is 1.06 bits per heavy atom. The summed E-state index contributed by atoms with van der Waals surface area (Å²) in [4.78, 5) is 19.0. The maximum absolute atomic E-state index is 12.8. The number of carbonyl (C=O) groups is 1. The van der Waals surface area contributed by atoms with Gasteiger partial charge in [-0.2, -0.15) is 0 Å². The van der Waals surface area contributed by atoms with Crippen molar-refractivity contribution in [3.05, 3.63) is 60.3 Å². The lowest BCUT2D eigenvalue weighted by Gasteiger charge is -2.34. The number of aromatic nitrogens is 1. The van der Waals surface area contributed by atoms with Crippen molar-refractivity contribution in [1.82, 2.24) is 4.98 Å². The van der Waals surface area contributed by atoms with E-state index in [2.05, 4.69) is 17.1 Å². The van der Waals surface area contributed by atoms with Gasteiger partial charge in [-0.3, -0.25) is 9.88 Å². The van der Waals surface area contributed by atoms with Gasteiger partial charge < -0.3 is 18.9 Å². The maximum Gasteiger partial charge on any atom is 0.415 e. The molecule has 1 aliphatic carbocycles. The molecule has 7 nitrogen and oxygen atoms in total. The summed E-state index contributed by atoms with van der Waals surface area (Å²) >= 11 is 0. The Hall–Kier alpha value is -3.74. The predicted octanol–water partition coefficient (Wildman–Crippen LogP) is 5.61. The number of pyridine rings is 1. The van der Waals surface area contributed by atoms with Crippen molar-refractivity contribution in [2.45, 2.75) is 31.3 Å². The monoisotopic (exact) mass is 472 g/mol. The summed E-state index contributed by atoms with van der Waals surface area (Å²) in [5, 5.41) is 1.08. The highest BCUT2D eigenvalue weighted by Crippen LogP contribution is 2.43. The lowest BCUT2D eigenvalue weighted by Crippen LogP contribution is -2.38. The number of carbonyl (C=O) groups excluding carboxylic acids is 1. The molecule has 2 fully saturated rings. The Morgan fingerprint density at radius 3 is 2.71 bits per heavy atom. The van der Waals surface area contributed by atoms with Crippen LogP contribution in [0.1, 0.15) is 31.2 Å². The second-order valence-electron chi connectivity index (χ2n) is 9.44.